The molecule has 1 atom stereocenters. The molecule has 216 valence electrons. The second-order valence-corrected chi connectivity index (χ2v) is 10.7. The summed E-state index contributed by atoms with van der Waals surface area (Å²) in [5, 5.41) is 8.61. The summed E-state index contributed by atoms with van der Waals surface area (Å²) in [7, 11) is 3.92. The van der Waals surface area contributed by atoms with Crippen LogP contribution in [0.2, 0.25) is 0 Å². The minimum Gasteiger partial charge on any atom is -0.464 e. The number of ether oxygens (including phenoxy) is 2. The van der Waals surface area contributed by atoms with Gasteiger partial charge >= 0.3 is 12.1 Å². The van der Waals surface area contributed by atoms with Crippen molar-refractivity contribution in [2.45, 2.75) is 52.2 Å². The first-order chi connectivity index (χ1) is 19.5. The highest BCUT2D eigenvalue weighted by Gasteiger charge is 2.38. The Labute approximate surface area is 241 Å². The lowest BCUT2D eigenvalue weighted by atomic mass is 10.0. The number of imide groups is 1. The van der Waals surface area contributed by atoms with Gasteiger partial charge in [0.05, 0.1) is 24.4 Å². The van der Waals surface area contributed by atoms with E-state index in [4.69, 9.17) is 9.47 Å². The topological polar surface area (TPSA) is 101 Å². The second kappa shape index (κ2) is 14.2. The van der Waals surface area contributed by atoms with E-state index in [-0.39, 0.29) is 19.4 Å². The van der Waals surface area contributed by atoms with E-state index in [1.165, 1.54) is 0 Å². The summed E-state index contributed by atoms with van der Waals surface area (Å²) in [4.78, 5) is 43.1. The van der Waals surface area contributed by atoms with Gasteiger partial charge in [0.2, 0.25) is 5.91 Å². The minimum atomic E-state index is -1.20. The molecular formula is C32H38N4O5. The van der Waals surface area contributed by atoms with Gasteiger partial charge in [0.25, 0.3) is 0 Å². The molecule has 0 aromatic heterocycles. The van der Waals surface area contributed by atoms with Gasteiger partial charge in [-0.05, 0) is 75.2 Å². The van der Waals surface area contributed by atoms with Crippen LogP contribution in [0.1, 0.15) is 38.8 Å². The van der Waals surface area contributed by atoms with Crippen molar-refractivity contribution < 1.29 is 23.9 Å². The summed E-state index contributed by atoms with van der Waals surface area (Å²) in [6, 6.07) is 22.6. The molecule has 0 fully saturated rings. The molecule has 0 aliphatic heterocycles. The lowest BCUT2D eigenvalue weighted by Gasteiger charge is -2.31. The van der Waals surface area contributed by atoms with Crippen molar-refractivity contribution in [1.82, 2.24) is 4.90 Å². The second-order valence-electron chi connectivity index (χ2n) is 10.7. The van der Waals surface area contributed by atoms with Crippen LogP contribution in [0.4, 0.5) is 21.9 Å². The van der Waals surface area contributed by atoms with Crippen molar-refractivity contribution in [2.75, 3.05) is 25.6 Å². The number of benzene rings is 3. The molecule has 0 radical (unpaired) electrons. The Kier molecular flexibility index (Phi) is 10.7. The van der Waals surface area contributed by atoms with Gasteiger partial charge < -0.3 is 14.4 Å². The normalized spacial score (nSPS) is 12.0. The summed E-state index contributed by atoms with van der Waals surface area (Å²) in [6.07, 6.45) is -0.982. The van der Waals surface area contributed by atoms with Gasteiger partial charge in [0.1, 0.15) is 11.6 Å². The zero-order valence-electron chi connectivity index (χ0n) is 24.5. The molecule has 3 rings (SSSR count). The third kappa shape index (κ3) is 9.56. The largest absolute Gasteiger partial charge is 0.464 e. The molecule has 41 heavy (non-hydrogen) atoms. The zero-order valence-corrected chi connectivity index (χ0v) is 24.5. The van der Waals surface area contributed by atoms with Crippen LogP contribution >= 0.6 is 0 Å². The van der Waals surface area contributed by atoms with Crippen molar-refractivity contribution in [3.8, 4) is 0 Å². The number of carbonyl (C=O) groups excluding carboxylic acids is 3. The van der Waals surface area contributed by atoms with Crippen LogP contribution in [0.25, 0.3) is 0 Å². The first-order valence-corrected chi connectivity index (χ1v) is 13.5. The van der Waals surface area contributed by atoms with Gasteiger partial charge in [-0.25, -0.2) is 14.5 Å². The molecule has 2 amide bonds. The summed E-state index contributed by atoms with van der Waals surface area (Å²) < 4.78 is 10.8. The first-order valence-electron chi connectivity index (χ1n) is 13.5. The summed E-state index contributed by atoms with van der Waals surface area (Å²) in [5.74, 6) is -1.28. The highest BCUT2D eigenvalue weighted by Crippen LogP contribution is 2.23. The van der Waals surface area contributed by atoms with Crippen molar-refractivity contribution in [3.05, 3.63) is 90.0 Å². The van der Waals surface area contributed by atoms with E-state index in [0.717, 1.165) is 16.2 Å². The molecule has 0 bridgehead atoms. The number of nitrogens with zero attached hydrogens (tertiary/aromatic N) is 4. The lowest BCUT2D eigenvalue weighted by Crippen LogP contribution is -2.52. The van der Waals surface area contributed by atoms with E-state index >= 15 is 0 Å². The highest BCUT2D eigenvalue weighted by atomic mass is 16.6. The van der Waals surface area contributed by atoms with Crippen LogP contribution in [-0.4, -0.2) is 55.2 Å². The van der Waals surface area contributed by atoms with Gasteiger partial charge in [0, 0.05) is 26.2 Å². The van der Waals surface area contributed by atoms with Gasteiger partial charge in [-0.2, -0.15) is 10.2 Å². The molecule has 1 unspecified atom stereocenters. The van der Waals surface area contributed by atoms with Crippen LogP contribution < -0.4 is 4.90 Å². The van der Waals surface area contributed by atoms with E-state index in [2.05, 4.69) is 10.2 Å². The number of esters is 1. The monoisotopic (exact) mass is 558 g/mol. The highest BCUT2D eigenvalue weighted by molar-refractivity contribution is 5.98. The smallest absolute Gasteiger partial charge is 0.417 e. The van der Waals surface area contributed by atoms with Crippen molar-refractivity contribution >= 4 is 35.0 Å². The number of carbonyl (C=O) groups is 3. The van der Waals surface area contributed by atoms with Crippen molar-refractivity contribution in [1.29, 1.82) is 0 Å². The van der Waals surface area contributed by atoms with Gasteiger partial charge in [-0.1, -0.05) is 42.5 Å². The van der Waals surface area contributed by atoms with Gasteiger partial charge in [0.15, 0.2) is 0 Å². The number of hydrogen-bond acceptors (Lipinski definition) is 8. The fourth-order valence-corrected chi connectivity index (χ4v) is 3.99. The Morgan fingerprint density at radius 1 is 0.829 bits per heavy atom. The molecule has 0 heterocycles. The fraction of sp³-hybridized carbons (Fsp3) is 0.344. The van der Waals surface area contributed by atoms with Crippen molar-refractivity contribution in [3.63, 3.8) is 0 Å². The Hall–Kier alpha value is -4.53. The van der Waals surface area contributed by atoms with Crippen LogP contribution in [0.3, 0.4) is 0 Å². The molecule has 9 heteroatoms. The van der Waals surface area contributed by atoms with E-state index in [1.807, 2.05) is 73.6 Å². The molecule has 0 aliphatic rings. The predicted octanol–water partition coefficient (Wildman–Crippen LogP) is 6.65. The lowest BCUT2D eigenvalue weighted by molar-refractivity contribution is -0.154. The number of amides is 2. The summed E-state index contributed by atoms with van der Waals surface area (Å²) in [5.41, 5.74) is 2.77. The maximum absolute atomic E-state index is 13.7. The zero-order chi connectivity index (χ0) is 30.0. The number of hydrogen-bond donors (Lipinski definition) is 0. The Morgan fingerprint density at radius 3 is 2.07 bits per heavy atom. The van der Waals surface area contributed by atoms with E-state index in [0.29, 0.717) is 16.9 Å². The van der Waals surface area contributed by atoms with Crippen LogP contribution in [0, 0.1) is 0 Å². The predicted molar refractivity (Wildman–Crippen MR) is 159 cm³/mol. The standard InChI is InChI=1S/C32H38N4O5/c1-7-40-30(38)28(21-23-12-9-8-10-13-23)36(31(39)41-32(2,3)4)29(37)22-24-14-11-15-26(20-24)34-33-25-16-18-27(19-17-25)35(5)6/h8-20,28H,7,21-22H2,1-6H3. The number of anilines is 1. The Bertz CT molecular complexity index is 1350. The van der Waals surface area contributed by atoms with Gasteiger partial charge in [-0.3, -0.25) is 4.79 Å². The average Bonchev–Trinajstić information content (AvgIpc) is 2.91. The molecule has 3 aromatic carbocycles. The Balaban J connectivity index is 1.88. The average molecular weight is 559 g/mol. The van der Waals surface area contributed by atoms with Crippen LogP contribution in [0.15, 0.2) is 89.1 Å². The SMILES string of the molecule is CCOC(=O)C(Cc1ccccc1)N(C(=O)Cc1cccc(N=Nc2ccc(N(C)C)cc2)c1)C(=O)OC(C)(C)C. The van der Waals surface area contributed by atoms with Crippen LogP contribution in [-0.2, 0) is 31.9 Å². The third-order valence-electron chi connectivity index (χ3n) is 5.91. The number of rotatable bonds is 10. The first kappa shape index (κ1) is 31.0. The summed E-state index contributed by atoms with van der Waals surface area (Å²) in [6.45, 7) is 6.88. The van der Waals surface area contributed by atoms with Crippen LogP contribution in [0.5, 0.6) is 0 Å². The molecule has 0 saturated carbocycles. The van der Waals surface area contributed by atoms with Crippen molar-refractivity contribution in [2.24, 2.45) is 10.2 Å². The molecule has 9 nitrogen and oxygen atoms in total. The Morgan fingerprint density at radius 2 is 1.46 bits per heavy atom. The molecule has 0 aliphatic carbocycles. The molecular weight excluding hydrogens is 520 g/mol. The molecule has 3 aromatic rings. The molecule has 0 spiro atoms. The quantitative estimate of drug-likeness (QED) is 0.204. The van der Waals surface area contributed by atoms with E-state index < -0.39 is 29.6 Å². The molecule has 0 N–H and O–H groups in total. The summed E-state index contributed by atoms with van der Waals surface area (Å²) >= 11 is 0. The maximum Gasteiger partial charge on any atom is 0.417 e. The fourth-order valence-electron chi connectivity index (χ4n) is 3.99. The maximum atomic E-state index is 13.7. The van der Waals surface area contributed by atoms with E-state index in [1.54, 1.807) is 52.0 Å². The third-order valence-corrected chi connectivity index (χ3v) is 5.91. The minimum absolute atomic E-state index is 0.0888. The molecule has 0 saturated heterocycles. The number of azo groups is 1. The van der Waals surface area contributed by atoms with Gasteiger partial charge in [-0.15, -0.1) is 0 Å². The van der Waals surface area contributed by atoms with E-state index in [9.17, 15) is 14.4 Å².